The van der Waals surface area contributed by atoms with E-state index in [0.717, 1.165) is 17.7 Å². The van der Waals surface area contributed by atoms with E-state index in [1.807, 2.05) is 6.92 Å². The van der Waals surface area contributed by atoms with Crippen LogP contribution in [0.5, 0.6) is 0 Å². The van der Waals surface area contributed by atoms with Crippen LogP contribution in [0.4, 0.5) is 4.79 Å². The van der Waals surface area contributed by atoms with E-state index in [9.17, 15) is 14.4 Å². The number of nitrogens with zero attached hydrogens (tertiary/aromatic N) is 1. The number of rotatable bonds is 5. The fraction of sp³-hybridized carbons (Fsp3) is 0.700. The first kappa shape index (κ1) is 11.7. The number of amides is 3. The topological polar surface area (TPSA) is 66.5 Å². The molecule has 0 spiro atoms. The highest BCUT2D eigenvalue weighted by atomic mass is 16.2. The number of carbonyl (C=O) groups is 3. The first-order valence-electron chi connectivity index (χ1n) is 5.13. The third kappa shape index (κ3) is 2.16. The molecule has 0 aromatic carbocycles. The Hall–Kier alpha value is -1.39. The number of hydrogen-bond donors (Lipinski definition) is 1. The minimum absolute atomic E-state index is 0.160. The molecule has 0 bridgehead atoms. The zero-order valence-electron chi connectivity index (χ0n) is 9.08. The predicted molar refractivity (Wildman–Crippen MR) is 54.2 cm³/mol. The zero-order valence-corrected chi connectivity index (χ0v) is 9.08. The monoisotopic (exact) mass is 212 g/mol. The van der Waals surface area contributed by atoms with Crippen molar-refractivity contribution in [2.24, 2.45) is 0 Å². The summed E-state index contributed by atoms with van der Waals surface area (Å²) in [5, 5.41) is 2.63. The van der Waals surface area contributed by atoms with E-state index in [0.29, 0.717) is 12.7 Å². The van der Waals surface area contributed by atoms with Crippen molar-refractivity contribution in [3.8, 4) is 0 Å². The minimum atomic E-state index is -0.823. The summed E-state index contributed by atoms with van der Waals surface area (Å²) < 4.78 is 0. The van der Waals surface area contributed by atoms with E-state index in [2.05, 4.69) is 5.32 Å². The first-order valence-corrected chi connectivity index (χ1v) is 5.13. The molecule has 1 saturated heterocycles. The van der Waals surface area contributed by atoms with Crippen molar-refractivity contribution in [2.45, 2.75) is 38.6 Å². The number of urea groups is 1. The Balaban J connectivity index is 2.74. The highest BCUT2D eigenvalue weighted by Crippen LogP contribution is 2.22. The van der Waals surface area contributed by atoms with E-state index in [1.165, 1.54) is 0 Å². The highest BCUT2D eigenvalue weighted by molar-refractivity contribution is 6.07. The number of nitrogens with one attached hydrogen (secondary N) is 1. The molecule has 5 heteroatoms. The second kappa shape index (κ2) is 4.42. The number of carbonyl (C=O) groups excluding carboxylic acids is 3. The van der Waals surface area contributed by atoms with Crippen LogP contribution in [0, 0.1) is 0 Å². The lowest BCUT2D eigenvalue weighted by Crippen LogP contribution is -2.43. The molecule has 5 nitrogen and oxygen atoms in total. The average molecular weight is 212 g/mol. The Morgan fingerprint density at radius 3 is 2.67 bits per heavy atom. The van der Waals surface area contributed by atoms with Gasteiger partial charge in [-0.05, 0) is 13.3 Å². The molecule has 15 heavy (non-hydrogen) atoms. The Morgan fingerprint density at radius 1 is 1.47 bits per heavy atom. The van der Waals surface area contributed by atoms with E-state index < -0.39 is 11.6 Å². The molecule has 0 aromatic rings. The van der Waals surface area contributed by atoms with Crippen LogP contribution < -0.4 is 5.32 Å². The van der Waals surface area contributed by atoms with Gasteiger partial charge in [0.1, 0.15) is 11.8 Å². The molecule has 1 atom stereocenters. The molecule has 1 heterocycles. The van der Waals surface area contributed by atoms with E-state index in [1.54, 1.807) is 6.92 Å². The normalized spacial score (nSPS) is 25.6. The van der Waals surface area contributed by atoms with Crippen LogP contribution in [-0.2, 0) is 9.59 Å². The standard InChI is InChI=1S/C10H16N2O3/c1-3-4-5-10(2)8(14)12(6-7-13)9(15)11-10/h7H,3-6H2,1-2H3,(H,11,15). The first-order chi connectivity index (χ1) is 7.05. The molecule has 3 amide bonds. The molecular formula is C10H16N2O3. The van der Waals surface area contributed by atoms with Crippen LogP contribution in [0.2, 0.25) is 0 Å². The molecule has 84 valence electrons. The van der Waals surface area contributed by atoms with E-state index in [-0.39, 0.29) is 12.5 Å². The summed E-state index contributed by atoms with van der Waals surface area (Å²) in [6.07, 6.45) is 3.01. The van der Waals surface area contributed by atoms with Gasteiger partial charge < -0.3 is 10.1 Å². The summed E-state index contributed by atoms with van der Waals surface area (Å²) in [7, 11) is 0. The summed E-state index contributed by atoms with van der Waals surface area (Å²) in [6.45, 7) is 3.56. The number of imide groups is 1. The lowest BCUT2D eigenvalue weighted by Gasteiger charge is -2.20. The van der Waals surface area contributed by atoms with Crippen LogP contribution in [0.1, 0.15) is 33.1 Å². The summed E-state index contributed by atoms with van der Waals surface area (Å²) in [5.74, 6) is -0.298. The van der Waals surface area contributed by atoms with Gasteiger partial charge in [-0.2, -0.15) is 0 Å². The van der Waals surface area contributed by atoms with Gasteiger partial charge >= 0.3 is 6.03 Å². The Bertz CT molecular complexity index is 290. The molecule has 0 aliphatic carbocycles. The van der Waals surface area contributed by atoms with Gasteiger partial charge in [0.15, 0.2) is 0 Å². The van der Waals surface area contributed by atoms with Crippen molar-refractivity contribution in [3.05, 3.63) is 0 Å². The molecule has 1 N–H and O–H groups in total. The molecule has 1 fully saturated rings. The van der Waals surface area contributed by atoms with Gasteiger partial charge in [-0.15, -0.1) is 0 Å². The quantitative estimate of drug-likeness (QED) is 0.538. The molecule has 0 radical (unpaired) electrons. The van der Waals surface area contributed by atoms with Crippen molar-refractivity contribution in [1.82, 2.24) is 10.2 Å². The molecule has 1 unspecified atom stereocenters. The molecule has 1 aliphatic rings. The smallest absolute Gasteiger partial charge is 0.323 e. The minimum Gasteiger partial charge on any atom is -0.323 e. The predicted octanol–water partition coefficient (Wildman–Crippen LogP) is 0.686. The zero-order chi connectivity index (χ0) is 11.5. The second-order valence-electron chi connectivity index (χ2n) is 3.95. The van der Waals surface area contributed by atoms with Gasteiger partial charge in [0, 0.05) is 0 Å². The Labute approximate surface area is 88.8 Å². The molecule has 0 aromatic heterocycles. The lowest BCUT2D eigenvalue weighted by atomic mass is 9.95. The van der Waals surface area contributed by atoms with Gasteiger partial charge in [0.05, 0.1) is 6.54 Å². The third-order valence-corrected chi connectivity index (χ3v) is 2.63. The Kier molecular flexibility index (Phi) is 3.44. The van der Waals surface area contributed by atoms with Gasteiger partial charge in [0.2, 0.25) is 0 Å². The van der Waals surface area contributed by atoms with Gasteiger partial charge in [-0.1, -0.05) is 19.8 Å². The number of hydrogen-bond acceptors (Lipinski definition) is 3. The fourth-order valence-corrected chi connectivity index (χ4v) is 1.69. The van der Waals surface area contributed by atoms with Crippen molar-refractivity contribution in [2.75, 3.05) is 6.54 Å². The van der Waals surface area contributed by atoms with Gasteiger partial charge in [-0.25, -0.2) is 4.79 Å². The number of unbranched alkanes of at least 4 members (excludes halogenated alkanes) is 1. The van der Waals surface area contributed by atoms with Crippen LogP contribution in [0.3, 0.4) is 0 Å². The van der Waals surface area contributed by atoms with E-state index >= 15 is 0 Å². The van der Waals surface area contributed by atoms with Crippen molar-refractivity contribution in [1.29, 1.82) is 0 Å². The summed E-state index contributed by atoms with van der Waals surface area (Å²) in [5.41, 5.74) is -0.823. The van der Waals surface area contributed by atoms with Gasteiger partial charge in [-0.3, -0.25) is 9.69 Å². The van der Waals surface area contributed by atoms with Gasteiger partial charge in [0.25, 0.3) is 5.91 Å². The highest BCUT2D eigenvalue weighted by Gasteiger charge is 2.46. The molecule has 1 aliphatic heterocycles. The Morgan fingerprint density at radius 2 is 2.13 bits per heavy atom. The van der Waals surface area contributed by atoms with Crippen LogP contribution in [0.25, 0.3) is 0 Å². The summed E-state index contributed by atoms with van der Waals surface area (Å²) in [6, 6.07) is -0.467. The van der Waals surface area contributed by atoms with E-state index in [4.69, 9.17) is 0 Å². The average Bonchev–Trinajstić information content (AvgIpc) is 2.40. The summed E-state index contributed by atoms with van der Waals surface area (Å²) >= 11 is 0. The maximum atomic E-state index is 11.8. The van der Waals surface area contributed by atoms with Crippen molar-refractivity contribution in [3.63, 3.8) is 0 Å². The SMILES string of the molecule is CCCCC1(C)NC(=O)N(CC=O)C1=O. The second-order valence-corrected chi connectivity index (χ2v) is 3.95. The largest absolute Gasteiger partial charge is 0.325 e. The molecular weight excluding hydrogens is 196 g/mol. The lowest BCUT2D eigenvalue weighted by molar-refractivity contribution is -0.132. The third-order valence-electron chi connectivity index (χ3n) is 2.63. The molecule has 1 rings (SSSR count). The fourth-order valence-electron chi connectivity index (χ4n) is 1.69. The molecule has 0 saturated carbocycles. The van der Waals surface area contributed by atoms with Crippen LogP contribution in [-0.4, -0.2) is 35.2 Å². The summed E-state index contributed by atoms with van der Waals surface area (Å²) in [4.78, 5) is 34.5. The van der Waals surface area contributed by atoms with Crippen LogP contribution in [0.15, 0.2) is 0 Å². The van der Waals surface area contributed by atoms with Crippen LogP contribution >= 0.6 is 0 Å². The van der Waals surface area contributed by atoms with Crippen molar-refractivity contribution < 1.29 is 14.4 Å². The number of aldehydes is 1. The maximum absolute atomic E-state index is 11.8. The van der Waals surface area contributed by atoms with Crippen molar-refractivity contribution >= 4 is 18.2 Å². The maximum Gasteiger partial charge on any atom is 0.325 e.